The number of carbonyl (C=O) groups is 1. The summed E-state index contributed by atoms with van der Waals surface area (Å²) in [5, 5.41) is 0.960. The highest BCUT2D eigenvalue weighted by Gasteiger charge is 2.19. The molecular formula is C16H11ClN2OS. The van der Waals surface area contributed by atoms with Crippen molar-refractivity contribution in [2.24, 2.45) is 0 Å². The Balaban J connectivity index is 2.10. The number of rotatable bonds is 3. The third-order valence-electron chi connectivity index (χ3n) is 2.98. The molecule has 0 atom stereocenters. The number of anilines is 1. The number of carbonyl (C=O) groups excluding carboxylic acids is 1. The third kappa shape index (κ3) is 2.82. The van der Waals surface area contributed by atoms with Crippen LogP contribution in [0.4, 0.5) is 5.13 Å². The van der Waals surface area contributed by atoms with Crippen molar-refractivity contribution in [2.45, 2.75) is 0 Å². The molecule has 1 heterocycles. The van der Waals surface area contributed by atoms with Gasteiger partial charge in [0, 0.05) is 16.1 Å². The fraction of sp³-hybridized carbons (Fsp3) is 0. The van der Waals surface area contributed by atoms with E-state index < -0.39 is 0 Å². The molecule has 0 saturated heterocycles. The molecule has 1 aromatic heterocycles. The summed E-state index contributed by atoms with van der Waals surface area (Å²) >= 11 is 7.20. The highest BCUT2D eigenvalue weighted by molar-refractivity contribution is 7.18. The first kappa shape index (κ1) is 13.8. The number of hydrogen-bond donors (Lipinski definition) is 1. The molecule has 0 unspecified atom stereocenters. The highest BCUT2D eigenvalue weighted by atomic mass is 35.5. The van der Waals surface area contributed by atoms with Crippen LogP contribution in [0.3, 0.4) is 0 Å². The van der Waals surface area contributed by atoms with E-state index in [1.807, 2.05) is 30.3 Å². The Kier molecular flexibility index (Phi) is 3.73. The number of hydrogen-bond acceptors (Lipinski definition) is 4. The van der Waals surface area contributed by atoms with E-state index in [1.165, 1.54) is 11.3 Å². The number of benzene rings is 2. The van der Waals surface area contributed by atoms with E-state index in [4.69, 9.17) is 17.3 Å². The molecular weight excluding hydrogens is 304 g/mol. The van der Waals surface area contributed by atoms with Gasteiger partial charge in [0.1, 0.15) is 4.88 Å². The van der Waals surface area contributed by atoms with Crippen molar-refractivity contribution in [3.63, 3.8) is 0 Å². The minimum absolute atomic E-state index is 0.0835. The van der Waals surface area contributed by atoms with Crippen molar-refractivity contribution in [1.82, 2.24) is 4.98 Å². The van der Waals surface area contributed by atoms with Crippen molar-refractivity contribution in [3.8, 4) is 11.3 Å². The summed E-state index contributed by atoms with van der Waals surface area (Å²) in [6, 6.07) is 16.3. The maximum atomic E-state index is 12.6. The zero-order valence-corrected chi connectivity index (χ0v) is 12.5. The number of nitrogens with two attached hydrogens (primary N) is 1. The molecule has 3 aromatic rings. The van der Waals surface area contributed by atoms with Gasteiger partial charge in [0.05, 0.1) is 5.69 Å². The van der Waals surface area contributed by atoms with Gasteiger partial charge in [-0.3, -0.25) is 4.79 Å². The summed E-state index contributed by atoms with van der Waals surface area (Å²) < 4.78 is 0. The lowest BCUT2D eigenvalue weighted by Gasteiger charge is -2.02. The van der Waals surface area contributed by atoms with Crippen LogP contribution in [-0.2, 0) is 0 Å². The van der Waals surface area contributed by atoms with E-state index in [-0.39, 0.29) is 5.78 Å². The molecule has 21 heavy (non-hydrogen) atoms. The SMILES string of the molecule is Nc1nc(-c2cccc(Cl)c2)c(C(=O)c2ccccc2)s1. The van der Waals surface area contributed by atoms with Gasteiger partial charge in [-0.1, -0.05) is 65.4 Å². The van der Waals surface area contributed by atoms with Crippen LogP contribution in [0.1, 0.15) is 15.2 Å². The Morgan fingerprint density at radius 3 is 2.57 bits per heavy atom. The van der Waals surface area contributed by atoms with Crippen LogP contribution < -0.4 is 5.73 Å². The molecule has 0 radical (unpaired) electrons. The monoisotopic (exact) mass is 314 g/mol. The Morgan fingerprint density at radius 1 is 1.10 bits per heavy atom. The Labute approximate surface area is 131 Å². The summed E-state index contributed by atoms with van der Waals surface area (Å²) in [6.45, 7) is 0. The van der Waals surface area contributed by atoms with E-state index in [9.17, 15) is 4.79 Å². The van der Waals surface area contributed by atoms with Crippen molar-refractivity contribution in [2.75, 3.05) is 5.73 Å². The fourth-order valence-corrected chi connectivity index (χ4v) is 3.05. The van der Waals surface area contributed by atoms with Gasteiger partial charge >= 0.3 is 0 Å². The third-order valence-corrected chi connectivity index (χ3v) is 4.10. The second kappa shape index (κ2) is 5.68. The lowest BCUT2D eigenvalue weighted by molar-refractivity contribution is 0.104. The minimum Gasteiger partial charge on any atom is -0.375 e. The molecule has 2 N–H and O–H groups in total. The van der Waals surface area contributed by atoms with E-state index in [2.05, 4.69) is 4.98 Å². The molecule has 0 aliphatic heterocycles. The van der Waals surface area contributed by atoms with Gasteiger partial charge in [-0.15, -0.1) is 0 Å². The highest BCUT2D eigenvalue weighted by Crippen LogP contribution is 2.32. The summed E-state index contributed by atoms with van der Waals surface area (Å²) in [5.74, 6) is -0.0835. The van der Waals surface area contributed by atoms with Crippen molar-refractivity contribution < 1.29 is 4.79 Å². The quantitative estimate of drug-likeness (QED) is 0.734. The van der Waals surface area contributed by atoms with Crippen LogP contribution in [0.5, 0.6) is 0 Å². The van der Waals surface area contributed by atoms with E-state index in [0.717, 1.165) is 5.56 Å². The largest absolute Gasteiger partial charge is 0.375 e. The standard InChI is InChI=1S/C16H11ClN2OS/c17-12-8-4-7-11(9-12)13-15(21-16(18)19-13)14(20)10-5-2-1-3-6-10/h1-9H,(H2,18,19). The normalized spacial score (nSPS) is 10.5. The van der Waals surface area contributed by atoms with Crippen molar-refractivity contribution in [3.05, 3.63) is 70.1 Å². The number of nitrogen functional groups attached to an aromatic ring is 1. The Hall–Kier alpha value is -2.17. The molecule has 104 valence electrons. The van der Waals surface area contributed by atoms with Crippen LogP contribution >= 0.6 is 22.9 Å². The smallest absolute Gasteiger partial charge is 0.205 e. The minimum atomic E-state index is -0.0835. The zero-order chi connectivity index (χ0) is 14.8. The molecule has 0 bridgehead atoms. The van der Waals surface area contributed by atoms with Gasteiger partial charge in [0.15, 0.2) is 5.13 Å². The molecule has 0 aliphatic carbocycles. The molecule has 0 amide bonds. The lowest BCUT2D eigenvalue weighted by atomic mass is 10.1. The molecule has 0 fully saturated rings. The number of halogens is 1. The molecule has 0 saturated carbocycles. The maximum Gasteiger partial charge on any atom is 0.205 e. The van der Waals surface area contributed by atoms with E-state index >= 15 is 0 Å². The van der Waals surface area contributed by atoms with E-state index in [1.54, 1.807) is 24.3 Å². The molecule has 2 aromatic carbocycles. The van der Waals surface area contributed by atoms with Crippen LogP contribution in [0.2, 0.25) is 5.02 Å². The average molecular weight is 315 g/mol. The predicted octanol–water partition coefficient (Wildman–Crippen LogP) is 4.28. The van der Waals surface area contributed by atoms with Gasteiger partial charge in [0.2, 0.25) is 5.78 Å². The molecule has 3 rings (SSSR count). The van der Waals surface area contributed by atoms with Gasteiger partial charge in [0.25, 0.3) is 0 Å². The molecule has 0 aliphatic rings. The van der Waals surface area contributed by atoms with Gasteiger partial charge in [-0.25, -0.2) is 4.98 Å². The van der Waals surface area contributed by atoms with Crippen molar-refractivity contribution in [1.29, 1.82) is 0 Å². The Morgan fingerprint density at radius 2 is 1.86 bits per heavy atom. The first-order valence-corrected chi connectivity index (χ1v) is 7.46. The van der Waals surface area contributed by atoms with Crippen LogP contribution in [0.15, 0.2) is 54.6 Å². The number of thiazole rings is 1. The first-order chi connectivity index (χ1) is 10.1. The lowest BCUT2D eigenvalue weighted by Crippen LogP contribution is -2.00. The van der Waals surface area contributed by atoms with Crippen LogP contribution in [0, 0.1) is 0 Å². The van der Waals surface area contributed by atoms with Crippen molar-refractivity contribution >= 4 is 33.9 Å². The fourth-order valence-electron chi connectivity index (χ4n) is 2.04. The summed E-state index contributed by atoms with van der Waals surface area (Å²) in [7, 11) is 0. The topological polar surface area (TPSA) is 56.0 Å². The average Bonchev–Trinajstić information content (AvgIpc) is 2.89. The molecule has 3 nitrogen and oxygen atoms in total. The number of nitrogens with zero attached hydrogens (tertiary/aromatic N) is 1. The first-order valence-electron chi connectivity index (χ1n) is 6.27. The molecule has 5 heteroatoms. The van der Waals surface area contributed by atoms with Crippen LogP contribution in [-0.4, -0.2) is 10.8 Å². The van der Waals surface area contributed by atoms with E-state index in [0.29, 0.717) is 26.3 Å². The van der Waals surface area contributed by atoms with Crippen LogP contribution in [0.25, 0.3) is 11.3 Å². The van der Waals surface area contributed by atoms with Gasteiger partial charge in [-0.2, -0.15) is 0 Å². The predicted molar refractivity (Wildman–Crippen MR) is 86.8 cm³/mol. The molecule has 0 spiro atoms. The number of ketones is 1. The summed E-state index contributed by atoms with van der Waals surface area (Å²) in [4.78, 5) is 17.4. The zero-order valence-electron chi connectivity index (χ0n) is 10.9. The Bertz CT molecular complexity index is 799. The summed E-state index contributed by atoms with van der Waals surface area (Å²) in [5.41, 5.74) is 7.77. The second-order valence-corrected chi connectivity index (χ2v) is 5.90. The second-order valence-electron chi connectivity index (χ2n) is 4.44. The van der Waals surface area contributed by atoms with Gasteiger partial charge < -0.3 is 5.73 Å². The maximum absolute atomic E-state index is 12.6. The number of aromatic nitrogens is 1. The summed E-state index contributed by atoms with van der Waals surface area (Å²) in [6.07, 6.45) is 0. The van der Waals surface area contributed by atoms with Gasteiger partial charge in [-0.05, 0) is 12.1 Å².